The molecule has 1 N–H and O–H groups in total. The van der Waals surface area contributed by atoms with E-state index in [9.17, 15) is 0 Å². The zero-order valence-electron chi connectivity index (χ0n) is 10.8. The lowest BCUT2D eigenvalue weighted by Gasteiger charge is -2.33. The molecule has 0 saturated carbocycles. The Hall–Kier alpha value is -1.32. The molecular formula is C12H23N3O. The van der Waals surface area contributed by atoms with E-state index >= 15 is 0 Å². The van der Waals surface area contributed by atoms with Crippen LogP contribution < -0.4 is 5.48 Å². The minimum absolute atomic E-state index is 0.973. The Bertz CT molecular complexity index is 265. The Kier molecular flexibility index (Phi) is 5.02. The maximum atomic E-state index is 5.18. The Morgan fingerprint density at radius 1 is 1.00 bits per heavy atom. The van der Waals surface area contributed by atoms with Crippen LogP contribution >= 0.6 is 0 Å². The van der Waals surface area contributed by atoms with E-state index in [-0.39, 0.29) is 0 Å². The van der Waals surface area contributed by atoms with Gasteiger partial charge in [-0.3, -0.25) is 0 Å². The molecule has 0 saturated heterocycles. The first kappa shape index (κ1) is 12.7. The molecular weight excluding hydrogens is 202 g/mol. The van der Waals surface area contributed by atoms with Crippen molar-refractivity contribution in [3.05, 3.63) is 23.9 Å². The van der Waals surface area contributed by atoms with Crippen LogP contribution in [0.5, 0.6) is 0 Å². The lowest BCUT2D eigenvalue weighted by Crippen LogP contribution is -2.37. The Morgan fingerprint density at radius 3 is 2.06 bits per heavy atom. The average molecular weight is 225 g/mol. The van der Waals surface area contributed by atoms with Gasteiger partial charge in [-0.25, -0.2) is 5.48 Å². The van der Waals surface area contributed by atoms with Crippen LogP contribution in [-0.2, 0) is 4.84 Å². The predicted octanol–water partition coefficient (Wildman–Crippen LogP) is 1.89. The molecule has 0 spiro atoms. The minimum Gasteiger partial charge on any atom is -0.388 e. The van der Waals surface area contributed by atoms with Gasteiger partial charge in [0.05, 0.1) is 5.70 Å². The summed E-state index contributed by atoms with van der Waals surface area (Å²) in [5.74, 6) is 1.07. The molecule has 92 valence electrons. The molecule has 0 aromatic rings. The molecule has 0 bridgehead atoms. The molecule has 16 heavy (non-hydrogen) atoms. The van der Waals surface area contributed by atoms with Crippen LogP contribution in [0.3, 0.4) is 0 Å². The second-order valence-electron chi connectivity index (χ2n) is 3.60. The summed E-state index contributed by atoms with van der Waals surface area (Å²) in [5, 5.41) is 0. The molecule has 0 amide bonds. The predicted molar refractivity (Wildman–Crippen MR) is 66.2 cm³/mol. The van der Waals surface area contributed by atoms with Gasteiger partial charge in [0.1, 0.15) is 6.26 Å². The monoisotopic (exact) mass is 225 g/mol. The fourth-order valence-electron chi connectivity index (χ4n) is 1.91. The van der Waals surface area contributed by atoms with E-state index in [2.05, 4.69) is 43.0 Å². The number of hydroxylamine groups is 1. The van der Waals surface area contributed by atoms with E-state index in [0.29, 0.717) is 0 Å². The van der Waals surface area contributed by atoms with Crippen LogP contribution in [0.4, 0.5) is 0 Å². The smallest absolute Gasteiger partial charge is 0.160 e. The topological polar surface area (TPSA) is 27.7 Å². The van der Waals surface area contributed by atoms with Crippen molar-refractivity contribution in [2.75, 3.05) is 26.2 Å². The maximum Gasteiger partial charge on any atom is 0.160 e. The molecule has 4 nitrogen and oxygen atoms in total. The van der Waals surface area contributed by atoms with Crippen LogP contribution in [0.15, 0.2) is 23.9 Å². The van der Waals surface area contributed by atoms with Gasteiger partial charge in [0.2, 0.25) is 0 Å². The van der Waals surface area contributed by atoms with Gasteiger partial charge in [-0.2, -0.15) is 0 Å². The van der Waals surface area contributed by atoms with Gasteiger partial charge in [-0.05, 0) is 27.7 Å². The van der Waals surface area contributed by atoms with Crippen LogP contribution in [0.2, 0.25) is 0 Å². The van der Waals surface area contributed by atoms with Crippen molar-refractivity contribution in [3.63, 3.8) is 0 Å². The second-order valence-corrected chi connectivity index (χ2v) is 3.60. The van der Waals surface area contributed by atoms with Crippen LogP contribution in [0.1, 0.15) is 27.7 Å². The van der Waals surface area contributed by atoms with Crippen LogP contribution in [0.25, 0.3) is 0 Å². The van der Waals surface area contributed by atoms with E-state index < -0.39 is 0 Å². The molecule has 4 heteroatoms. The van der Waals surface area contributed by atoms with Gasteiger partial charge in [0.15, 0.2) is 5.82 Å². The number of likely N-dealkylation sites (N-methyl/N-ethyl adjacent to an activating group) is 1. The summed E-state index contributed by atoms with van der Waals surface area (Å²) in [6.45, 7) is 12.6. The van der Waals surface area contributed by atoms with Gasteiger partial charge in [-0.15, -0.1) is 0 Å². The highest BCUT2D eigenvalue weighted by atomic mass is 16.6. The quantitative estimate of drug-likeness (QED) is 0.747. The molecule has 1 heterocycles. The summed E-state index contributed by atoms with van der Waals surface area (Å²) >= 11 is 0. The van der Waals surface area contributed by atoms with Crippen molar-refractivity contribution in [2.45, 2.75) is 27.7 Å². The summed E-state index contributed by atoms with van der Waals surface area (Å²) in [6.07, 6.45) is 3.72. The lowest BCUT2D eigenvalue weighted by molar-refractivity contribution is 0.112. The van der Waals surface area contributed by atoms with Gasteiger partial charge in [-0.1, -0.05) is 0 Å². The van der Waals surface area contributed by atoms with Gasteiger partial charge in [0.25, 0.3) is 0 Å². The first-order chi connectivity index (χ1) is 7.78. The normalized spacial score (nSPS) is 14.5. The highest BCUT2D eigenvalue weighted by Crippen LogP contribution is 2.17. The first-order valence-electron chi connectivity index (χ1n) is 6.10. The van der Waals surface area contributed by atoms with Crippen LogP contribution in [0, 0.1) is 0 Å². The van der Waals surface area contributed by atoms with Crippen molar-refractivity contribution in [3.8, 4) is 0 Å². The molecule has 1 rings (SSSR count). The molecule has 1 aliphatic rings. The fourth-order valence-corrected chi connectivity index (χ4v) is 1.91. The summed E-state index contributed by atoms with van der Waals surface area (Å²) in [7, 11) is 0. The summed E-state index contributed by atoms with van der Waals surface area (Å²) < 4.78 is 0. The average Bonchev–Trinajstić information content (AvgIpc) is 2.34. The Morgan fingerprint density at radius 2 is 1.56 bits per heavy atom. The van der Waals surface area contributed by atoms with E-state index in [1.54, 1.807) is 6.26 Å². The standard InChI is InChI=1S/C12H23N3O/c1-5-14(6-2)11-9-10-16-13-12(11)15(7-3)8-4/h9-10,13H,5-8H2,1-4H3. The molecule has 0 fully saturated rings. The molecule has 1 aliphatic heterocycles. The number of nitrogens with zero attached hydrogens (tertiary/aromatic N) is 2. The molecule has 0 aromatic carbocycles. The van der Waals surface area contributed by atoms with Gasteiger partial charge >= 0.3 is 0 Å². The van der Waals surface area contributed by atoms with Gasteiger partial charge in [0, 0.05) is 32.3 Å². The molecule has 0 aromatic heterocycles. The lowest BCUT2D eigenvalue weighted by atomic mass is 10.3. The second kappa shape index (κ2) is 6.30. The largest absolute Gasteiger partial charge is 0.388 e. The highest BCUT2D eigenvalue weighted by Gasteiger charge is 2.17. The highest BCUT2D eigenvalue weighted by molar-refractivity contribution is 5.23. The Labute approximate surface area is 98.5 Å². The SMILES string of the molecule is CCN(CC)C1=C(N(CC)CC)NOC=C1. The zero-order chi connectivity index (χ0) is 12.0. The number of allylic oxidation sites excluding steroid dienone is 1. The van der Waals surface area contributed by atoms with Crippen molar-refractivity contribution in [1.82, 2.24) is 15.3 Å². The summed E-state index contributed by atoms with van der Waals surface area (Å²) in [5.41, 5.74) is 4.21. The molecule has 0 atom stereocenters. The summed E-state index contributed by atoms with van der Waals surface area (Å²) in [4.78, 5) is 9.76. The number of nitrogens with one attached hydrogen (secondary N) is 1. The zero-order valence-corrected chi connectivity index (χ0v) is 10.8. The fraction of sp³-hybridized carbons (Fsp3) is 0.667. The Balaban J connectivity index is 2.99. The summed E-state index contributed by atoms with van der Waals surface area (Å²) in [6, 6.07) is 0. The molecule has 0 radical (unpaired) electrons. The third kappa shape index (κ3) is 2.62. The third-order valence-electron chi connectivity index (χ3n) is 2.88. The van der Waals surface area contributed by atoms with E-state index in [4.69, 9.17) is 4.84 Å². The molecule has 0 unspecified atom stereocenters. The number of rotatable bonds is 6. The van der Waals surface area contributed by atoms with Gasteiger partial charge < -0.3 is 14.6 Å². The minimum atomic E-state index is 0.973. The van der Waals surface area contributed by atoms with E-state index in [0.717, 1.165) is 32.0 Å². The van der Waals surface area contributed by atoms with Crippen molar-refractivity contribution in [1.29, 1.82) is 0 Å². The molecule has 0 aliphatic carbocycles. The van der Waals surface area contributed by atoms with Crippen molar-refractivity contribution < 1.29 is 4.84 Å². The maximum absolute atomic E-state index is 5.18. The van der Waals surface area contributed by atoms with Crippen molar-refractivity contribution >= 4 is 0 Å². The number of hydrogen-bond donors (Lipinski definition) is 1. The first-order valence-corrected chi connectivity index (χ1v) is 6.10. The third-order valence-corrected chi connectivity index (χ3v) is 2.88. The van der Waals surface area contributed by atoms with E-state index in [1.807, 2.05) is 6.08 Å². The number of hydrogen-bond acceptors (Lipinski definition) is 4. The van der Waals surface area contributed by atoms with Crippen LogP contribution in [-0.4, -0.2) is 36.0 Å². The van der Waals surface area contributed by atoms with E-state index in [1.165, 1.54) is 5.70 Å². The van der Waals surface area contributed by atoms with Crippen molar-refractivity contribution in [2.24, 2.45) is 0 Å².